The van der Waals surface area contributed by atoms with Crippen molar-refractivity contribution >= 4 is 23.4 Å². The van der Waals surface area contributed by atoms with Crippen LogP contribution in [-0.4, -0.2) is 36.3 Å². The number of benzene rings is 1. The second kappa shape index (κ2) is 8.17. The minimum atomic E-state index is 0.211. The highest BCUT2D eigenvalue weighted by molar-refractivity contribution is 8.00. The maximum atomic E-state index is 12.3. The van der Waals surface area contributed by atoms with Gasteiger partial charge in [0, 0.05) is 23.7 Å². The fraction of sp³-hybridized carbons (Fsp3) is 0.562. The van der Waals surface area contributed by atoms with Crippen LogP contribution in [0, 0.1) is 0 Å². The molecule has 1 aromatic carbocycles. The maximum Gasteiger partial charge on any atom is 0.232 e. The standard InChI is InChI=1S/C16H24N2O2S/c1-2-20-13-7-8-14(17)15(11-13)21-12-16(19)18-9-5-3-4-6-10-18/h7-8,11H,2-6,9-10,12,17H2,1H3. The Bertz CT molecular complexity index is 471. The average molecular weight is 308 g/mol. The van der Waals surface area contributed by atoms with Gasteiger partial charge < -0.3 is 15.4 Å². The second-order valence-electron chi connectivity index (χ2n) is 5.22. The van der Waals surface area contributed by atoms with Gasteiger partial charge in [-0.3, -0.25) is 4.79 Å². The normalized spacial score (nSPS) is 15.6. The van der Waals surface area contributed by atoms with Gasteiger partial charge in [-0.05, 0) is 38.0 Å². The summed E-state index contributed by atoms with van der Waals surface area (Å²) in [5.74, 6) is 1.46. The quantitative estimate of drug-likeness (QED) is 0.670. The summed E-state index contributed by atoms with van der Waals surface area (Å²) in [7, 11) is 0. The number of rotatable bonds is 5. The summed E-state index contributed by atoms with van der Waals surface area (Å²) < 4.78 is 5.48. The molecule has 1 heterocycles. The number of amides is 1. The summed E-state index contributed by atoms with van der Waals surface area (Å²) in [5, 5.41) is 0. The third-order valence-corrected chi connectivity index (χ3v) is 4.66. The van der Waals surface area contributed by atoms with Crippen LogP contribution < -0.4 is 10.5 Å². The van der Waals surface area contributed by atoms with Crippen molar-refractivity contribution in [1.29, 1.82) is 0 Å². The van der Waals surface area contributed by atoms with Crippen LogP contribution >= 0.6 is 11.8 Å². The maximum absolute atomic E-state index is 12.3. The highest BCUT2D eigenvalue weighted by atomic mass is 32.2. The van der Waals surface area contributed by atoms with Gasteiger partial charge in [0.15, 0.2) is 0 Å². The summed E-state index contributed by atoms with van der Waals surface area (Å²) in [6.45, 7) is 4.37. The topological polar surface area (TPSA) is 55.6 Å². The van der Waals surface area contributed by atoms with Crippen molar-refractivity contribution in [1.82, 2.24) is 4.90 Å². The van der Waals surface area contributed by atoms with E-state index in [4.69, 9.17) is 10.5 Å². The number of hydrogen-bond acceptors (Lipinski definition) is 4. The predicted octanol–water partition coefficient (Wildman–Crippen LogP) is 3.16. The van der Waals surface area contributed by atoms with E-state index in [-0.39, 0.29) is 5.91 Å². The number of carbonyl (C=O) groups excluding carboxylic acids is 1. The fourth-order valence-corrected chi connectivity index (χ4v) is 3.34. The summed E-state index contributed by atoms with van der Waals surface area (Å²) in [4.78, 5) is 15.2. The largest absolute Gasteiger partial charge is 0.494 e. The molecular formula is C16H24N2O2S. The Morgan fingerprint density at radius 2 is 2.00 bits per heavy atom. The minimum absolute atomic E-state index is 0.211. The molecule has 0 unspecified atom stereocenters. The van der Waals surface area contributed by atoms with E-state index in [0.29, 0.717) is 18.0 Å². The lowest BCUT2D eigenvalue weighted by atomic mass is 10.2. The minimum Gasteiger partial charge on any atom is -0.494 e. The van der Waals surface area contributed by atoms with Gasteiger partial charge in [-0.15, -0.1) is 11.8 Å². The average Bonchev–Trinajstić information content (AvgIpc) is 2.77. The van der Waals surface area contributed by atoms with E-state index in [1.807, 2.05) is 30.0 Å². The molecule has 0 bridgehead atoms. The van der Waals surface area contributed by atoms with E-state index in [1.165, 1.54) is 24.6 Å². The lowest BCUT2D eigenvalue weighted by Gasteiger charge is -2.20. The van der Waals surface area contributed by atoms with Crippen LogP contribution in [0.4, 0.5) is 5.69 Å². The Labute approximate surface area is 131 Å². The van der Waals surface area contributed by atoms with Crippen molar-refractivity contribution in [3.05, 3.63) is 18.2 Å². The molecule has 1 saturated heterocycles. The van der Waals surface area contributed by atoms with Crippen molar-refractivity contribution in [2.24, 2.45) is 0 Å². The van der Waals surface area contributed by atoms with Crippen molar-refractivity contribution < 1.29 is 9.53 Å². The molecule has 1 amide bonds. The number of ether oxygens (including phenoxy) is 1. The number of nitrogens with two attached hydrogens (primary N) is 1. The van der Waals surface area contributed by atoms with Gasteiger partial charge in [0.1, 0.15) is 5.75 Å². The second-order valence-corrected chi connectivity index (χ2v) is 6.23. The molecule has 1 aromatic rings. The molecule has 0 atom stereocenters. The molecule has 0 radical (unpaired) electrons. The van der Waals surface area contributed by atoms with Crippen LogP contribution in [0.2, 0.25) is 0 Å². The van der Waals surface area contributed by atoms with E-state index in [0.717, 1.165) is 36.6 Å². The lowest BCUT2D eigenvalue weighted by Crippen LogP contribution is -2.33. The summed E-state index contributed by atoms with van der Waals surface area (Å²) in [5.41, 5.74) is 6.68. The zero-order chi connectivity index (χ0) is 15.1. The summed E-state index contributed by atoms with van der Waals surface area (Å²) >= 11 is 1.50. The van der Waals surface area contributed by atoms with Gasteiger partial charge in [0.2, 0.25) is 5.91 Å². The molecule has 0 spiro atoms. The molecule has 0 saturated carbocycles. The van der Waals surface area contributed by atoms with Crippen LogP contribution in [-0.2, 0) is 4.79 Å². The van der Waals surface area contributed by atoms with Crippen LogP contribution in [0.1, 0.15) is 32.6 Å². The molecule has 4 nitrogen and oxygen atoms in total. The first-order valence-corrected chi connectivity index (χ1v) is 8.62. The van der Waals surface area contributed by atoms with Crippen molar-refractivity contribution in [2.75, 3.05) is 31.2 Å². The van der Waals surface area contributed by atoms with E-state index in [1.54, 1.807) is 0 Å². The number of likely N-dealkylation sites (tertiary alicyclic amines) is 1. The van der Waals surface area contributed by atoms with E-state index < -0.39 is 0 Å². The molecular weight excluding hydrogens is 284 g/mol. The first kappa shape index (κ1) is 16.0. The van der Waals surface area contributed by atoms with Gasteiger partial charge >= 0.3 is 0 Å². The number of nitrogens with zero attached hydrogens (tertiary/aromatic N) is 1. The van der Waals surface area contributed by atoms with Gasteiger partial charge in [0.05, 0.1) is 12.4 Å². The Balaban J connectivity index is 1.92. The Morgan fingerprint density at radius 3 is 2.67 bits per heavy atom. The first-order chi connectivity index (χ1) is 10.2. The van der Waals surface area contributed by atoms with Crippen LogP contribution in [0.3, 0.4) is 0 Å². The number of anilines is 1. The van der Waals surface area contributed by atoms with Gasteiger partial charge in [-0.25, -0.2) is 0 Å². The number of carbonyl (C=O) groups is 1. The molecule has 0 aliphatic carbocycles. The molecule has 116 valence electrons. The molecule has 1 aliphatic heterocycles. The molecule has 1 fully saturated rings. The van der Waals surface area contributed by atoms with E-state index in [9.17, 15) is 4.79 Å². The zero-order valence-corrected chi connectivity index (χ0v) is 13.5. The Kier molecular flexibility index (Phi) is 6.23. The van der Waals surface area contributed by atoms with E-state index in [2.05, 4.69) is 0 Å². The monoisotopic (exact) mass is 308 g/mol. The van der Waals surface area contributed by atoms with Crippen LogP contribution in [0.15, 0.2) is 23.1 Å². The summed E-state index contributed by atoms with van der Waals surface area (Å²) in [6, 6.07) is 5.61. The third kappa shape index (κ3) is 4.84. The predicted molar refractivity (Wildman–Crippen MR) is 87.8 cm³/mol. The lowest BCUT2D eigenvalue weighted by molar-refractivity contribution is -0.128. The summed E-state index contributed by atoms with van der Waals surface area (Å²) in [6.07, 6.45) is 4.72. The Morgan fingerprint density at radius 1 is 1.29 bits per heavy atom. The van der Waals surface area contributed by atoms with E-state index >= 15 is 0 Å². The molecule has 1 aliphatic rings. The van der Waals surface area contributed by atoms with Crippen molar-refractivity contribution in [3.63, 3.8) is 0 Å². The molecule has 2 N–H and O–H groups in total. The molecule has 5 heteroatoms. The van der Waals surface area contributed by atoms with Crippen molar-refractivity contribution in [3.8, 4) is 5.75 Å². The van der Waals surface area contributed by atoms with Crippen LogP contribution in [0.5, 0.6) is 5.75 Å². The van der Waals surface area contributed by atoms with Gasteiger partial charge in [0.25, 0.3) is 0 Å². The van der Waals surface area contributed by atoms with Crippen LogP contribution in [0.25, 0.3) is 0 Å². The zero-order valence-electron chi connectivity index (χ0n) is 12.6. The smallest absolute Gasteiger partial charge is 0.232 e. The Hall–Kier alpha value is -1.36. The molecule has 0 aromatic heterocycles. The molecule has 2 rings (SSSR count). The van der Waals surface area contributed by atoms with Gasteiger partial charge in [-0.2, -0.15) is 0 Å². The SMILES string of the molecule is CCOc1ccc(N)c(SCC(=O)N2CCCCCC2)c1. The third-order valence-electron chi connectivity index (χ3n) is 3.61. The van der Waals surface area contributed by atoms with Gasteiger partial charge in [-0.1, -0.05) is 12.8 Å². The number of hydrogen-bond donors (Lipinski definition) is 1. The highest BCUT2D eigenvalue weighted by Crippen LogP contribution is 2.29. The molecule has 21 heavy (non-hydrogen) atoms. The number of nitrogen functional groups attached to an aromatic ring is 1. The number of thioether (sulfide) groups is 1. The van der Waals surface area contributed by atoms with Crippen molar-refractivity contribution in [2.45, 2.75) is 37.5 Å². The first-order valence-electron chi connectivity index (χ1n) is 7.63. The highest BCUT2D eigenvalue weighted by Gasteiger charge is 2.16. The fourth-order valence-electron chi connectivity index (χ4n) is 2.45.